The fourth-order valence-electron chi connectivity index (χ4n) is 4.30. The average Bonchev–Trinajstić information content (AvgIpc) is 3.56. The Labute approximate surface area is 226 Å². The molecule has 4 heterocycles. The van der Waals surface area contributed by atoms with Gasteiger partial charge in [-0.25, -0.2) is 19.5 Å². The Hall–Kier alpha value is -4.28. The lowest BCUT2D eigenvalue weighted by atomic mass is 9.91. The quantitative estimate of drug-likeness (QED) is 0.238. The van der Waals surface area contributed by atoms with Gasteiger partial charge >= 0.3 is 0 Å². The number of fused-ring (bicyclic) bond motifs is 1. The van der Waals surface area contributed by atoms with Crippen molar-refractivity contribution in [3.8, 4) is 6.07 Å². The number of carbonyl (C=O) groups is 2. The lowest BCUT2D eigenvalue weighted by Gasteiger charge is -2.30. The van der Waals surface area contributed by atoms with Crippen LogP contribution in [0.25, 0.3) is 5.65 Å². The van der Waals surface area contributed by atoms with Crippen LogP contribution in [0.15, 0.2) is 42.2 Å². The number of imidazole rings is 1. The Kier molecular flexibility index (Phi) is 7.62. The fourth-order valence-corrected chi connectivity index (χ4v) is 5.02. The number of nitriles is 1. The first kappa shape index (κ1) is 25.4. The first-order valence-corrected chi connectivity index (χ1v) is 13.2. The Morgan fingerprint density at radius 2 is 1.95 bits per heavy atom. The van der Waals surface area contributed by atoms with Crippen LogP contribution in [0.3, 0.4) is 0 Å². The third-order valence-corrected chi connectivity index (χ3v) is 6.94. The summed E-state index contributed by atoms with van der Waals surface area (Å²) in [6, 6.07) is 7.08. The van der Waals surface area contributed by atoms with Gasteiger partial charge in [-0.1, -0.05) is 11.6 Å². The van der Waals surface area contributed by atoms with Gasteiger partial charge in [-0.3, -0.25) is 9.59 Å². The number of pyridine rings is 1. The van der Waals surface area contributed by atoms with E-state index >= 15 is 0 Å². The highest BCUT2D eigenvalue weighted by molar-refractivity contribution is 7.13. The van der Waals surface area contributed by atoms with Crippen molar-refractivity contribution in [3.63, 3.8) is 0 Å². The molecule has 1 saturated carbocycles. The summed E-state index contributed by atoms with van der Waals surface area (Å²) < 4.78 is 1.49. The van der Waals surface area contributed by atoms with E-state index in [4.69, 9.17) is 16.9 Å². The topological polar surface area (TPSA) is 162 Å². The lowest BCUT2D eigenvalue weighted by Crippen LogP contribution is -2.40. The molecule has 194 valence electrons. The maximum Gasteiger partial charge on any atom is 0.276 e. The number of hydrogen-bond donors (Lipinski definition) is 4. The summed E-state index contributed by atoms with van der Waals surface area (Å²) in [5, 5.41) is 28.6. The second kappa shape index (κ2) is 11.4. The van der Waals surface area contributed by atoms with Crippen LogP contribution in [-0.4, -0.2) is 48.5 Å². The SMILES string of the molecule is N#CCC(=O)N[C@H]1CC[C@H](Nc2cc(Nc3nccs3)c3ncc(C(=O)Nc4ccnc(Cl)c4)n3n2)CC1. The van der Waals surface area contributed by atoms with Gasteiger partial charge < -0.3 is 21.3 Å². The monoisotopic (exact) mass is 550 g/mol. The smallest absolute Gasteiger partial charge is 0.276 e. The van der Waals surface area contributed by atoms with Crippen molar-refractivity contribution in [1.82, 2.24) is 29.9 Å². The predicted molar refractivity (Wildman–Crippen MR) is 144 cm³/mol. The standard InChI is InChI=1S/C24H23ClN10O2S/c25-19-11-16(6-8-27-19)32-23(37)18-13-29-22-17(33-24-28-9-10-38-24)12-20(34-35(18)22)30-14-1-3-15(4-2-14)31-21(36)5-7-26/h6,8-15H,1-5H2,(H,28,33)(H,30,34)(H,31,36)(H,27,32,37)/t14-,15-. The third kappa shape index (κ3) is 5.99. The van der Waals surface area contributed by atoms with E-state index in [1.54, 1.807) is 18.3 Å². The van der Waals surface area contributed by atoms with E-state index in [1.807, 2.05) is 17.5 Å². The maximum atomic E-state index is 13.1. The predicted octanol–water partition coefficient (Wildman–Crippen LogP) is 3.98. The summed E-state index contributed by atoms with van der Waals surface area (Å²) >= 11 is 7.39. The van der Waals surface area contributed by atoms with Crippen LogP contribution in [0.5, 0.6) is 0 Å². The van der Waals surface area contributed by atoms with Crippen molar-refractivity contribution in [2.45, 2.75) is 44.2 Å². The Morgan fingerprint density at radius 1 is 1.13 bits per heavy atom. The van der Waals surface area contributed by atoms with Gasteiger partial charge in [0.1, 0.15) is 17.4 Å². The van der Waals surface area contributed by atoms with E-state index in [0.717, 1.165) is 25.7 Å². The number of thiazole rings is 1. The number of halogens is 1. The molecular formula is C24H23ClN10O2S. The molecule has 0 saturated heterocycles. The number of rotatable bonds is 8. The summed E-state index contributed by atoms with van der Waals surface area (Å²) in [6.07, 6.45) is 7.73. The van der Waals surface area contributed by atoms with Gasteiger partial charge in [-0.05, 0) is 37.8 Å². The number of nitrogens with zero attached hydrogens (tertiary/aromatic N) is 6. The molecular weight excluding hydrogens is 528 g/mol. The molecule has 5 rings (SSSR count). The van der Waals surface area contributed by atoms with Crippen molar-refractivity contribution in [3.05, 3.63) is 53.0 Å². The van der Waals surface area contributed by atoms with Gasteiger partial charge in [0, 0.05) is 41.6 Å². The molecule has 0 bridgehead atoms. The highest BCUT2D eigenvalue weighted by Crippen LogP contribution is 2.28. The molecule has 0 unspecified atom stereocenters. The van der Waals surface area contributed by atoms with E-state index in [0.29, 0.717) is 28.0 Å². The number of carbonyl (C=O) groups excluding carboxylic acids is 2. The summed E-state index contributed by atoms with van der Waals surface area (Å²) in [5.74, 6) is -0.0837. The van der Waals surface area contributed by atoms with Crippen molar-refractivity contribution in [2.75, 3.05) is 16.0 Å². The van der Waals surface area contributed by atoms with Crippen LogP contribution in [0.1, 0.15) is 42.6 Å². The van der Waals surface area contributed by atoms with Crippen molar-refractivity contribution in [2.24, 2.45) is 0 Å². The Morgan fingerprint density at radius 3 is 2.68 bits per heavy atom. The van der Waals surface area contributed by atoms with Crippen molar-refractivity contribution in [1.29, 1.82) is 5.26 Å². The normalized spacial score (nSPS) is 16.9. The second-order valence-corrected chi connectivity index (χ2v) is 9.98. The molecule has 4 aromatic heterocycles. The summed E-state index contributed by atoms with van der Waals surface area (Å²) in [6.45, 7) is 0. The highest BCUT2D eigenvalue weighted by atomic mass is 35.5. The molecule has 1 fully saturated rings. The first-order valence-electron chi connectivity index (χ1n) is 11.9. The maximum absolute atomic E-state index is 13.1. The van der Waals surface area contributed by atoms with Crippen LogP contribution in [-0.2, 0) is 4.79 Å². The highest BCUT2D eigenvalue weighted by Gasteiger charge is 2.24. The minimum atomic E-state index is -0.404. The largest absolute Gasteiger partial charge is 0.366 e. The molecule has 0 atom stereocenters. The zero-order valence-electron chi connectivity index (χ0n) is 20.0. The number of hydrogen-bond acceptors (Lipinski definition) is 10. The third-order valence-electron chi connectivity index (χ3n) is 6.04. The number of anilines is 4. The summed E-state index contributed by atoms with van der Waals surface area (Å²) in [7, 11) is 0. The van der Waals surface area contributed by atoms with Crippen LogP contribution in [0, 0.1) is 11.3 Å². The molecule has 1 aliphatic rings. The summed E-state index contributed by atoms with van der Waals surface area (Å²) in [4.78, 5) is 37.5. The van der Waals surface area contributed by atoms with E-state index in [1.165, 1.54) is 28.2 Å². The molecule has 0 spiro atoms. The van der Waals surface area contributed by atoms with E-state index in [9.17, 15) is 9.59 Å². The van der Waals surface area contributed by atoms with Crippen LogP contribution in [0.2, 0.25) is 5.15 Å². The minimum Gasteiger partial charge on any atom is -0.366 e. The van der Waals surface area contributed by atoms with Crippen molar-refractivity contribution < 1.29 is 9.59 Å². The van der Waals surface area contributed by atoms with E-state index < -0.39 is 5.91 Å². The molecule has 0 radical (unpaired) electrons. The van der Waals surface area contributed by atoms with Gasteiger partial charge in [0.05, 0.1) is 18.0 Å². The molecule has 0 aliphatic heterocycles. The van der Waals surface area contributed by atoms with Crippen LogP contribution < -0.4 is 21.3 Å². The molecule has 12 nitrogen and oxygen atoms in total. The molecule has 14 heteroatoms. The Balaban J connectivity index is 1.37. The number of aromatic nitrogens is 5. The van der Waals surface area contributed by atoms with Crippen molar-refractivity contribution >= 4 is 62.7 Å². The number of amides is 2. The number of nitrogens with one attached hydrogen (secondary N) is 4. The van der Waals surface area contributed by atoms with Gasteiger partial charge in [-0.2, -0.15) is 5.26 Å². The average molecular weight is 551 g/mol. The van der Waals surface area contributed by atoms with Gasteiger partial charge in [-0.15, -0.1) is 16.4 Å². The van der Waals surface area contributed by atoms with Crippen LogP contribution in [0.4, 0.5) is 22.3 Å². The zero-order valence-corrected chi connectivity index (χ0v) is 21.6. The van der Waals surface area contributed by atoms with E-state index in [2.05, 4.69) is 41.3 Å². The molecule has 2 amide bonds. The lowest BCUT2D eigenvalue weighted by molar-refractivity contribution is -0.121. The molecule has 38 heavy (non-hydrogen) atoms. The second-order valence-electron chi connectivity index (χ2n) is 8.70. The van der Waals surface area contributed by atoms with Gasteiger partial charge in [0.25, 0.3) is 5.91 Å². The van der Waals surface area contributed by atoms with Crippen LogP contribution >= 0.6 is 22.9 Å². The molecule has 1 aliphatic carbocycles. The minimum absolute atomic E-state index is 0.0529. The molecule has 4 aromatic rings. The zero-order chi connectivity index (χ0) is 26.5. The fraction of sp³-hybridized carbons (Fsp3) is 0.292. The van der Waals surface area contributed by atoms with E-state index in [-0.39, 0.29) is 35.3 Å². The first-order chi connectivity index (χ1) is 18.5. The summed E-state index contributed by atoms with van der Waals surface area (Å²) in [5.41, 5.74) is 1.84. The van der Waals surface area contributed by atoms with Gasteiger partial charge in [0.15, 0.2) is 16.5 Å². The van der Waals surface area contributed by atoms with Gasteiger partial charge in [0.2, 0.25) is 5.91 Å². The molecule has 0 aromatic carbocycles. The Bertz CT molecular complexity index is 1490. The molecule has 4 N–H and O–H groups in total.